The summed E-state index contributed by atoms with van der Waals surface area (Å²) in [5.74, 6) is 0.704. The Morgan fingerprint density at radius 2 is 1.73 bits per heavy atom. The Balaban J connectivity index is 1.47. The number of hydrogen-bond acceptors (Lipinski definition) is 6. The Kier molecular flexibility index (Phi) is 5.93. The summed E-state index contributed by atoms with van der Waals surface area (Å²) < 4.78 is 20.1. The number of para-hydroxylation sites is 1. The highest BCUT2D eigenvalue weighted by molar-refractivity contribution is 7.98. The minimum atomic E-state index is -0.336. The lowest BCUT2D eigenvalue weighted by molar-refractivity contribution is 0.391. The van der Waals surface area contributed by atoms with Gasteiger partial charge < -0.3 is 4.52 Å². The number of fused-ring (bicyclic) bond motifs is 1. The second kappa shape index (κ2) is 9.17. The molecule has 0 N–H and O–H groups in total. The molecule has 0 radical (unpaired) electrons. The fraction of sp³-hybridized carbons (Fsp3) is 0.0833. The van der Waals surface area contributed by atoms with Crippen LogP contribution in [0.4, 0.5) is 4.39 Å². The largest absolute Gasteiger partial charge is 0.338 e. The fourth-order valence-electron chi connectivity index (χ4n) is 3.35. The Labute approximate surface area is 197 Å². The van der Waals surface area contributed by atoms with E-state index < -0.39 is 0 Å². The van der Waals surface area contributed by atoms with Crippen molar-refractivity contribution in [3.63, 3.8) is 0 Å². The Morgan fingerprint density at radius 3 is 2.55 bits per heavy atom. The van der Waals surface area contributed by atoms with Crippen molar-refractivity contribution in [3.05, 3.63) is 105 Å². The molecule has 0 aliphatic heterocycles. The van der Waals surface area contributed by atoms with E-state index in [4.69, 9.17) is 21.1 Å². The van der Waals surface area contributed by atoms with E-state index in [1.807, 2.05) is 30.3 Å². The first-order chi connectivity index (χ1) is 16.1. The van der Waals surface area contributed by atoms with Gasteiger partial charge in [0.1, 0.15) is 5.82 Å². The molecule has 5 aromatic rings. The molecule has 2 aromatic heterocycles. The van der Waals surface area contributed by atoms with Crippen molar-refractivity contribution in [1.29, 1.82) is 0 Å². The van der Waals surface area contributed by atoms with Crippen molar-refractivity contribution < 1.29 is 8.91 Å². The van der Waals surface area contributed by atoms with Gasteiger partial charge in [-0.15, -0.1) is 0 Å². The molecule has 5 rings (SSSR count). The highest BCUT2D eigenvalue weighted by Crippen LogP contribution is 2.25. The van der Waals surface area contributed by atoms with Gasteiger partial charge >= 0.3 is 0 Å². The fourth-order valence-corrected chi connectivity index (χ4v) is 4.38. The molecule has 0 saturated heterocycles. The smallest absolute Gasteiger partial charge is 0.262 e. The molecule has 6 nitrogen and oxygen atoms in total. The molecule has 0 atom stereocenters. The molecule has 0 saturated carbocycles. The second-order valence-electron chi connectivity index (χ2n) is 7.20. The summed E-state index contributed by atoms with van der Waals surface area (Å²) in [7, 11) is 0. The maximum absolute atomic E-state index is 13.3. The van der Waals surface area contributed by atoms with Crippen LogP contribution in [0.3, 0.4) is 0 Å². The van der Waals surface area contributed by atoms with Gasteiger partial charge in [0.05, 0.1) is 23.2 Å². The maximum atomic E-state index is 13.3. The molecule has 2 heterocycles. The molecule has 0 fully saturated rings. The van der Waals surface area contributed by atoms with Crippen LogP contribution in [0.25, 0.3) is 22.3 Å². The van der Waals surface area contributed by atoms with E-state index in [9.17, 15) is 9.18 Å². The number of thioether (sulfide) groups is 1. The predicted octanol–water partition coefficient (Wildman–Crippen LogP) is 5.58. The monoisotopic (exact) mass is 478 g/mol. The average Bonchev–Trinajstić information content (AvgIpc) is 3.30. The lowest BCUT2D eigenvalue weighted by Gasteiger charge is -2.13. The maximum Gasteiger partial charge on any atom is 0.262 e. The zero-order chi connectivity index (χ0) is 22.8. The number of aromatic nitrogens is 4. The van der Waals surface area contributed by atoms with Crippen LogP contribution in [0.2, 0.25) is 5.02 Å². The van der Waals surface area contributed by atoms with E-state index >= 15 is 0 Å². The minimum Gasteiger partial charge on any atom is -0.338 e. The summed E-state index contributed by atoms with van der Waals surface area (Å²) >= 11 is 7.66. The quantitative estimate of drug-likeness (QED) is 0.234. The predicted molar refractivity (Wildman–Crippen MR) is 126 cm³/mol. The SMILES string of the molecule is O=c1c2ccccc2nc(SCc2nc(-c3ccc(F)cc3)no2)n1Cc1ccccc1Cl. The van der Waals surface area contributed by atoms with Crippen LogP contribution in [0.1, 0.15) is 11.5 Å². The van der Waals surface area contributed by atoms with E-state index in [0.29, 0.717) is 44.1 Å². The van der Waals surface area contributed by atoms with Crippen LogP contribution in [0.5, 0.6) is 0 Å². The molecular weight excluding hydrogens is 463 g/mol. The van der Waals surface area contributed by atoms with Gasteiger partial charge in [0, 0.05) is 10.6 Å². The van der Waals surface area contributed by atoms with Crippen molar-refractivity contribution in [2.75, 3.05) is 0 Å². The molecule has 0 amide bonds. The van der Waals surface area contributed by atoms with Crippen molar-refractivity contribution in [2.24, 2.45) is 0 Å². The summed E-state index contributed by atoms with van der Waals surface area (Å²) in [5.41, 5.74) is 1.92. The normalized spacial score (nSPS) is 11.2. The van der Waals surface area contributed by atoms with Crippen molar-refractivity contribution in [1.82, 2.24) is 19.7 Å². The number of hydrogen-bond donors (Lipinski definition) is 0. The summed E-state index contributed by atoms with van der Waals surface area (Å²) in [6, 6.07) is 20.5. The van der Waals surface area contributed by atoms with E-state index in [-0.39, 0.29) is 17.9 Å². The molecule has 0 spiro atoms. The van der Waals surface area contributed by atoms with E-state index in [1.54, 1.807) is 34.9 Å². The lowest BCUT2D eigenvalue weighted by Crippen LogP contribution is -2.24. The van der Waals surface area contributed by atoms with Gasteiger partial charge in [-0.1, -0.05) is 58.9 Å². The standard InChI is InChI=1S/C24H16ClFN4O2S/c25-19-7-3-1-5-16(19)13-30-23(31)18-6-2-4-8-20(18)27-24(30)33-14-21-28-22(29-32-21)15-9-11-17(26)12-10-15/h1-12H,13-14H2. The molecule has 0 unspecified atom stereocenters. The Morgan fingerprint density at radius 1 is 0.970 bits per heavy atom. The van der Waals surface area contributed by atoms with Gasteiger partial charge in [-0.05, 0) is 48.0 Å². The highest BCUT2D eigenvalue weighted by Gasteiger charge is 2.15. The van der Waals surface area contributed by atoms with Gasteiger partial charge in [-0.3, -0.25) is 9.36 Å². The number of halogens is 2. The average molecular weight is 479 g/mol. The van der Waals surface area contributed by atoms with E-state index in [0.717, 1.165) is 5.56 Å². The molecular formula is C24H16ClFN4O2S. The first kappa shape index (κ1) is 21.4. The summed E-state index contributed by atoms with van der Waals surface area (Å²) in [6.07, 6.45) is 0. The molecule has 33 heavy (non-hydrogen) atoms. The van der Waals surface area contributed by atoms with Crippen LogP contribution < -0.4 is 5.56 Å². The van der Waals surface area contributed by atoms with Gasteiger partial charge in [0.25, 0.3) is 5.56 Å². The van der Waals surface area contributed by atoms with Gasteiger partial charge in [-0.2, -0.15) is 4.98 Å². The van der Waals surface area contributed by atoms with Crippen molar-refractivity contribution in [2.45, 2.75) is 17.5 Å². The topological polar surface area (TPSA) is 73.8 Å². The first-order valence-electron chi connectivity index (χ1n) is 10.0. The molecule has 164 valence electrons. The summed E-state index contributed by atoms with van der Waals surface area (Å²) in [6.45, 7) is 0.281. The first-order valence-corrected chi connectivity index (χ1v) is 11.4. The van der Waals surface area contributed by atoms with Gasteiger partial charge in [-0.25, -0.2) is 9.37 Å². The Bertz CT molecular complexity index is 1500. The Hall–Kier alpha value is -3.49. The summed E-state index contributed by atoms with van der Waals surface area (Å²) in [5, 5.41) is 5.59. The molecule has 0 aliphatic rings. The molecule has 0 bridgehead atoms. The molecule has 3 aromatic carbocycles. The van der Waals surface area contributed by atoms with Crippen LogP contribution in [-0.2, 0) is 12.3 Å². The van der Waals surface area contributed by atoms with Gasteiger partial charge in [0.2, 0.25) is 11.7 Å². The van der Waals surface area contributed by atoms with Crippen LogP contribution in [0, 0.1) is 5.82 Å². The highest BCUT2D eigenvalue weighted by atomic mass is 35.5. The number of nitrogens with zero attached hydrogens (tertiary/aromatic N) is 4. The third-order valence-corrected chi connectivity index (χ3v) is 6.34. The number of benzene rings is 3. The lowest BCUT2D eigenvalue weighted by atomic mass is 10.2. The third kappa shape index (κ3) is 4.53. The third-order valence-electron chi connectivity index (χ3n) is 5.01. The zero-order valence-corrected chi connectivity index (χ0v) is 18.7. The second-order valence-corrected chi connectivity index (χ2v) is 8.55. The zero-order valence-electron chi connectivity index (χ0n) is 17.1. The van der Waals surface area contributed by atoms with Crippen molar-refractivity contribution >= 4 is 34.3 Å². The summed E-state index contributed by atoms with van der Waals surface area (Å²) in [4.78, 5) is 22.4. The van der Waals surface area contributed by atoms with Crippen molar-refractivity contribution in [3.8, 4) is 11.4 Å². The molecule has 0 aliphatic carbocycles. The van der Waals surface area contributed by atoms with E-state index in [2.05, 4.69) is 10.1 Å². The van der Waals surface area contributed by atoms with Gasteiger partial charge in [0.15, 0.2) is 5.16 Å². The molecule has 9 heteroatoms. The van der Waals surface area contributed by atoms with Crippen LogP contribution in [0.15, 0.2) is 87.3 Å². The van der Waals surface area contributed by atoms with Crippen LogP contribution >= 0.6 is 23.4 Å². The van der Waals surface area contributed by atoms with Crippen LogP contribution in [-0.4, -0.2) is 19.7 Å². The van der Waals surface area contributed by atoms with E-state index in [1.165, 1.54) is 23.9 Å². The minimum absolute atomic E-state index is 0.152. The number of rotatable bonds is 6.